The summed E-state index contributed by atoms with van der Waals surface area (Å²) in [5.74, 6) is 0.885. The molecule has 2 aromatic heterocycles. The summed E-state index contributed by atoms with van der Waals surface area (Å²) in [5, 5.41) is 3.86. The Bertz CT molecular complexity index is 531. The molecule has 2 rings (SSSR count). The molecule has 2 heterocycles. The fourth-order valence-corrected chi connectivity index (χ4v) is 2.18. The van der Waals surface area contributed by atoms with E-state index in [1.165, 1.54) is 0 Å². The van der Waals surface area contributed by atoms with Crippen LogP contribution in [0.5, 0.6) is 0 Å². The molecule has 16 heavy (non-hydrogen) atoms. The van der Waals surface area contributed by atoms with Crippen molar-refractivity contribution in [3.8, 4) is 11.4 Å². The molecule has 0 amide bonds. The number of anilines is 1. The maximum atomic E-state index is 11.8. The second-order valence-corrected chi connectivity index (χ2v) is 4.32. The molecule has 0 aliphatic carbocycles. The third kappa shape index (κ3) is 1.99. The normalized spacial score (nSPS) is 10.6. The fourth-order valence-electron chi connectivity index (χ4n) is 1.54. The smallest absolute Gasteiger partial charge is 0.256 e. The van der Waals surface area contributed by atoms with Gasteiger partial charge in [-0.3, -0.25) is 4.79 Å². The number of aromatic nitrogens is 2. The minimum atomic E-state index is -0.129. The van der Waals surface area contributed by atoms with Crippen LogP contribution in [0.15, 0.2) is 21.6 Å². The lowest BCUT2D eigenvalue weighted by Gasteiger charge is -2.04. The Morgan fingerprint density at radius 2 is 2.38 bits per heavy atom. The van der Waals surface area contributed by atoms with Crippen molar-refractivity contribution >= 4 is 17.2 Å². The first kappa shape index (κ1) is 10.9. The highest BCUT2D eigenvalue weighted by molar-refractivity contribution is 7.08. The van der Waals surface area contributed by atoms with Crippen molar-refractivity contribution in [3.05, 3.63) is 32.7 Å². The summed E-state index contributed by atoms with van der Waals surface area (Å²) < 4.78 is 0. The molecule has 0 fully saturated rings. The van der Waals surface area contributed by atoms with E-state index in [0.29, 0.717) is 23.6 Å². The highest BCUT2D eigenvalue weighted by atomic mass is 32.1. The SMILES string of the molecule is CCCc1c(N)nc(-c2ccsc2)[nH]c1=O. The van der Waals surface area contributed by atoms with Gasteiger partial charge in [0.15, 0.2) is 0 Å². The Labute approximate surface area is 97.2 Å². The van der Waals surface area contributed by atoms with Crippen molar-refractivity contribution in [2.45, 2.75) is 19.8 Å². The van der Waals surface area contributed by atoms with E-state index < -0.39 is 0 Å². The Morgan fingerprint density at radius 3 is 2.94 bits per heavy atom. The Balaban J connectivity index is 2.49. The molecule has 0 aromatic carbocycles. The van der Waals surface area contributed by atoms with Crippen LogP contribution in [0.4, 0.5) is 5.82 Å². The Hall–Kier alpha value is -1.62. The quantitative estimate of drug-likeness (QED) is 0.855. The number of aromatic amines is 1. The van der Waals surface area contributed by atoms with Crippen LogP contribution in [0, 0.1) is 0 Å². The lowest BCUT2D eigenvalue weighted by atomic mass is 10.2. The number of H-pyrrole nitrogens is 1. The van der Waals surface area contributed by atoms with Gasteiger partial charge in [0.2, 0.25) is 0 Å². The molecule has 0 bridgehead atoms. The highest BCUT2D eigenvalue weighted by Gasteiger charge is 2.09. The van der Waals surface area contributed by atoms with Crippen molar-refractivity contribution in [1.82, 2.24) is 9.97 Å². The summed E-state index contributed by atoms with van der Waals surface area (Å²) in [6.45, 7) is 2.01. The van der Waals surface area contributed by atoms with Crippen LogP contribution in [0.1, 0.15) is 18.9 Å². The maximum Gasteiger partial charge on any atom is 0.256 e. The molecular weight excluding hydrogens is 222 g/mol. The molecule has 0 spiro atoms. The fraction of sp³-hybridized carbons (Fsp3) is 0.273. The van der Waals surface area contributed by atoms with Crippen LogP contribution in [-0.4, -0.2) is 9.97 Å². The van der Waals surface area contributed by atoms with Gasteiger partial charge < -0.3 is 10.7 Å². The number of hydrogen-bond acceptors (Lipinski definition) is 4. The summed E-state index contributed by atoms with van der Waals surface area (Å²) in [7, 11) is 0. The summed E-state index contributed by atoms with van der Waals surface area (Å²) in [6.07, 6.45) is 1.55. The number of nitrogen functional groups attached to an aromatic ring is 1. The second kappa shape index (κ2) is 4.49. The molecular formula is C11H13N3OS. The lowest BCUT2D eigenvalue weighted by Crippen LogP contribution is -2.18. The van der Waals surface area contributed by atoms with Crippen molar-refractivity contribution < 1.29 is 0 Å². The first-order chi connectivity index (χ1) is 7.72. The summed E-state index contributed by atoms with van der Waals surface area (Å²) in [4.78, 5) is 18.8. The Kier molecular flexibility index (Phi) is 3.05. The molecule has 0 aliphatic heterocycles. The predicted octanol–water partition coefficient (Wildman–Crippen LogP) is 2.03. The number of thiophene rings is 1. The zero-order chi connectivity index (χ0) is 11.5. The van der Waals surface area contributed by atoms with E-state index in [1.807, 2.05) is 23.8 Å². The van der Waals surface area contributed by atoms with Gasteiger partial charge in [0.1, 0.15) is 11.6 Å². The molecule has 0 saturated carbocycles. The molecule has 3 N–H and O–H groups in total. The minimum Gasteiger partial charge on any atom is -0.383 e. The third-order valence-corrected chi connectivity index (χ3v) is 3.03. The van der Waals surface area contributed by atoms with E-state index in [2.05, 4.69) is 9.97 Å². The number of hydrogen-bond donors (Lipinski definition) is 2. The van der Waals surface area contributed by atoms with Crippen LogP contribution < -0.4 is 11.3 Å². The molecule has 4 nitrogen and oxygen atoms in total. The van der Waals surface area contributed by atoms with Gasteiger partial charge in [0.05, 0.1) is 5.56 Å². The van der Waals surface area contributed by atoms with Crippen molar-refractivity contribution in [3.63, 3.8) is 0 Å². The molecule has 0 radical (unpaired) electrons. The van der Waals surface area contributed by atoms with E-state index in [9.17, 15) is 4.79 Å². The van der Waals surface area contributed by atoms with Crippen molar-refractivity contribution in [1.29, 1.82) is 0 Å². The van der Waals surface area contributed by atoms with Gasteiger partial charge in [-0.1, -0.05) is 13.3 Å². The summed E-state index contributed by atoms with van der Waals surface area (Å²) in [5.41, 5.74) is 7.14. The molecule has 84 valence electrons. The van der Waals surface area contributed by atoms with Gasteiger partial charge in [0, 0.05) is 10.9 Å². The second-order valence-electron chi connectivity index (χ2n) is 3.54. The third-order valence-electron chi connectivity index (χ3n) is 2.34. The highest BCUT2D eigenvalue weighted by Crippen LogP contribution is 2.18. The molecule has 2 aromatic rings. The van der Waals surface area contributed by atoms with E-state index in [0.717, 1.165) is 12.0 Å². The zero-order valence-corrected chi connectivity index (χ0v) is 9.80. The van der Waals surface area contributed by atoms with Gasteiger partial charge in [0.25, 0.3) is 5.56 Å². The van der Waals surface area contributed by atoms with Gasteiger partial charge in [-0.15, -0.1) is 0 Å². The van der Waals surface area contributed by atoms with Gasteiger partial charge in [-0.25, -0.2) is 4.98 Å². The number of nitrogens with two attached hydrogens (primary N) is 1. The number of rotatable bonds is 3. The van der Waals surface area contributed by atoms with E-state index in [-0.39, 0.29) is 5.56 Å². The minimum absolute atomic E-state index is 0.129. The van der Waals surface area contributed by atoms with Gasteiger partial charge in [-0.05, 0) is 17.9 Å². The maximum absolute atomic E-state index is 11.8. The molecule has 0 unspecified atom stereocenters. The summed E-state index contributed by atoms with van der Waals surface area (Å²) in [6, 6.07) is 1.90. The monoisotopic (exact) mass is 235 g/mol. The van der Waals surface area contributed by atoms with Crippen LogP contribution in [-0.2, 0) is 6.42 Å². The van der Waals surface area contributed by atoms with Crippen molar-refractivity contribution in [2.24, 2.45) is 0 Å². The molecule has 0 atom stereocenters. The summed E-state index contributed by atoms with van der Waals surface area (Å²) >= 11 is 1.56. The first-order valence-corrected chi connectivity index (χ1v) is 6.08. The first-order valence-electron chi connectivity index (χ1n) is 5.13. The molecule has 0 aliphatic rings. The van der Waals surface area contributed by atoms with Gasteiger partial charge >= 0.3 is 0 Å². The average Bonchev–Trinajstić information content (AvgIpc) is 2.76. The van der Waals surface area contributed by atoms with Crippen LogP contribution >= 0.6 is 11.3 Å². The molecule has 0 saturated heterocycles. The topological polar surface area (TPSA) is 71.8 Å². The number of nitrogens with zero attached hydrogens (tertiary/aromatic N) is 1. The zero-order valence-electron chi connectivity index (χ0n) is 8.99. The van der Waals surface area contributed by atoms with E-state index in [1.54, 1.807) is 11.3 Å². The lowest BCUT2D eigenvalue weighted by molar-refractivity contribution is 0.892. The molecule has 5 heteroatoms. The predicted molar refractivity (Wildman–Crippen MR) is 66.6 cm³/mol. The average molecular weight is 235 g/mol. The van der Waals surface area contributed by atoms with Crippen LogP contribution in [0.2, 0.25) is 0 Å². The van der Waals surface area contributed by atoms with Crippen LogP contribution in [0.25, 0.3) is 11.4 Å². The van der Waals surface area contributed by atoms with Gasteiger partial charge in [-0.2, -0.15) is 11.3 Å². The largest absolute Gasteiger partial charge is 0.383 e. The Morgan fingerprint density at radius 1 is 1.56 bits per heavy atom. The van der Waals surface area contributed by atoms with Crippen molar-refractivity contribution in [2.75, 3.05) is 5.73 Å². The van der Waals surface area contributed by atoms with E-state index in [4.69, 9.17) is 5.73 Å². The number of nitrogens with one attached hydrogen (secondary N) is 1. The van der Waals surface area contributed by atoms with Crippen LogP contribution in [0.3, 0.4) is 0 Å². The standard InChI is InChI=1S/C11H13N3OS/c1-2-3-8-9(12)13-10(14-11(8)15)7-4-5-16-6-7/h4-6H,2-3H2,1H3,(H3,12,13,14,15). The van der Waals surface area contributed by atoms with E-state index >= 15 is 0 Å².